The Hall–Kier alpha value is -0.900. The third-order valence-corrected chi connectivity index (χ3v) is 3.15. The maximum absolute atomic E-state index is 11.6. The van der Waals surface area contributed by atoms with Crippen LogP contribution >= 0.6 is 0 Å². The number of carbonyl (C=O) groups excluding carboxylic acids is 2. The molecule has 0 heterocycles. The zero-order valence-electron chi connectivity index (χ0n) is 12.9. The van der Waals surface area contributed by atoms with Crippen LogP contribution in [-0.4, -0.2) is 24.3 Å². The minimum atomic E-state index is -0.350. The van der Waals surface area contributed by atoms with Crippen molar-refractivity contribution in [3.05, 3.63) is 0 Å². The molecule has 4 heteroatoms. The highest BCUT2D eigenvalue weighted by Gasteiger charge is 2.16. The van der Waals surface area contributed by atoms with E-state index in [1.807, 2.05) is 13.8 Å². The molecule has 0 aliphatic rings. The summed E-state index contributed by atoms with van der Waals surface area (Å²) in [5.74, 6) is 0.814. The van der Waals surface area contributed by atoms with Gasteiger partial charge in [0.25, 0.3) is 0 Å². The predicted molar refractivity (Wildman–Crippen MR) is 78.8 cm³/mol. The Balaban J connectivity index is 3.55. The summed E-state index contributed by atoms with van der Waals surface area (Å²) in [5, 5.41) is 2.90. The fourth-order valence-electron chi connectivity index (χ4n) is 1.80. The van der Waals surface area contributed by atoms with E-state index in [4.69, 9.17) is 5.73 Å². The first-order valence-electron chi connectivity index (χ1n) is 7.40. The number of rotatable bonds is 10. The van der Waals surface area contributed by atoms with E-state index in [1.165, 1.54) is 0 Å². The van der Waals surface area contributed by atoms with Gasteiger partial charge in [-0.1, -0.05) is 27.7 Å². The summed E-state index contributed by atoms with van der Waals surface area (Å²) in [5.41, 5.74) is 5.80. The molecule has 1 atom stereocenters. The smallest absolute Gasteiger partial charge is 0.220 e. The van der Waals surface area contributed by atoms with Crippen LogP contribution in [0.5, 0.6) is 0 Å². The Morgan fingerprint density at radius 3 is 2.21 bits per heavy atom. The van der Waals surface area contributed by atoms with Crippen LogP contribution in [0.1, 0.15) is 59.8 Å². The van der Waals surface area contributed by atoms with Crippen molar-refractivity contribution >= 4 is 11.7 Å². The maximum atomic E-state index is 11.6. The minimum absolute atomic E-state index is 0.00531. The molecule has 0 fully saturated rings. The highest BCUT2D eigenvalue weighted by atomic mass is 16.1. The Bertz CT molecular complexity index is 275. The molecule has 3 N–H and O–H groups in total. The summed E-state index contributed by atoms with van der Waals surface area (Å²) in [7, 11) is 0. The summed E-state index contributed by atoms with van der Waals surface area (Å²) < 4.78 is 0. The molecule has 1 amide bonds. The van der Waals surface area contributed by atoms with Gasteiger partial charge in [0.2, 0.25) is 5.91 Å². The Morgan fingerprint density at radius 1 is 1.05 bits per heavy atom. The predicted octanol–water partition coefficient (Wildman–Crippen LogP) is 2.26. The molecule has 0 rings (SSSR count). The van der Waals surface area contributed by atoms with E-state index in [0.29, 0.717) is 25.3 Å². The average molecular weight is 270 g/mol. The van der Waals surface area contributed by atoms with Gasteiger partial charge in [0.1, 0.15) is 0 Å². The molecular formula is C15H30N2O2. The van der Waals surface area contributed by atoms with Crippen LogP contribution in [-0.2, 0) is 9.59 Å². The lowest BCUT2D eigenvalue weighted by Gasteiger charge is -2.13. The van der Waals surface area contributed by atoms with Gasteiger partial charge in [0.15, 0.2) is 5.78 Å². The standard InChI is InChI=1S/C15H30N2O2/c1-11(2)8-9-14(18)17-10-6-5-7-13(16)15(19)12(3)4/h11-13H,5-10,16H2,1-4H3,(H,17,18). The minimum Gasteiger partial charge on any atom is -0.356 e. The molecule has 0 spiro atoms. The van der Waals surface area contributed by atoms with E-state index in [0.717, 1.165) is 19.3 Å². The van der Waals surface area contributed by atoms with Crippen molar-refractivity contribution in [2.75, 3.05) is 6.54 Å². The molecule has 0 radical (unpaired) electrons. The van der Waals surface area contributed by atoms with E-state index < -0.39 is 0 Å². The third-order valence-electron chi connectivity index (χ3n) is 3.15. The van der Waals surface area contributed by atoms with Crippen LogP contribution in [0.4, 0.5) is 0 Å². The Labute approximate surface area is 117 Å². The van der Waals surface area contributed by atoms with Crippen molar-refractivity contribution in [2.45, 2.75) is 65.8 Å². The van der Waals surface area contributed by atoms with Crippen molar-refractivity contribution in [3.63, 3.8) is 0 Å². The van der Waals surface area contributed by atoms with Crippen LogP contribution < -0.4 is 11.1 Å². The lowest BCUT2D eigenvalue weighted by Crippen LogP contribution is -2.33. The summed E-state index contributed by atoms with van der Waals surface area (Å²) in [6.45, 7) is 8.65. The van der Waals surface area contributed by atoms with Gasteiger partial charge < -0.3 is 11.1 Å². The molecular weight excluding hydrogens is 240 g/mol. The van der Waals surface area contributed by atoms with Crippen molar-refractivity contribution in [2.24, 2.45) is 17.6 Å². The van der Waals surface area contributed by atoms with Crippen LogP contribution in [0.15, 0.2) is 0 Å². The SMILES string of the molecule is CC(C)CCC(=O)NCCCCC(N)C(=O)C(C)C. The van der Waals surface area contributed by atoms with Gasteiger partial charge in [-0.3, -0.25) is 9.59 Å². The van der Waals surface area contributed by atoms with E-state index in [1.54, 1.807) is 0 Å². The second-order valence-corrected chi connectivity index (χ2v) is 5.94. The van der Waals surface area contributed by atoms with Gasteiger partial charge in [0.05, 0.1) is 6.04 Å². The quantitative estimate of drug-likeness (QED) is 0.598. The lowest BCUT2D eigenvalue weighted by atomic mass is 9.98. The molecule has 0 aromatic heterocycles. The molecule has 4 nitrogen and oxygen atoms in total. The number of nitrogens with one attached hydrogen (secondary N) is 1. The van der Waals surface area contributed by atoms with Gasteiger partial charge in [0, 0.05) is 18.9 Å². The van der Waals surface area contributed by atoms with Crippen LogP contribution in [0, 0.1) is 11.8 Å². The number of hydrogen-bond acceptors (Lipinski definition) is 3. The van der Waals surface area contributed by atoms with Gasteiger partial charge >= 0.3 is 0 Å². The molecule has 0 saturated heterocycles. The fraction of sp³-hybridized carbons (Fsp3) is 0.867. The van der Waals surface area contributed by atoms with Crippen LogP contribution in [0.2, 0.25) is 0 Å². The summed E-state index contributed by atoms with van der Waals surface area (Å²) in [4.78, 5) is 23.0. The Morgan fingerprint density at radius 2 is 1.68 bits per heavy atom. The molecule has 0 aliphatic carbocycles. The van der Waals surface area contributed by atoms with E-state index >= 15 is 0 Å². The first-order chi connectivity index (χ1) is 8.84. The summed E-state index contributed by atoms with van der Waals surface area (Å²) >= 11 is 0. The number of unbranched alkanes of at least 4 members (excludes halogenated alkanes) is 1. The van der Waals surface area contributed by atoms with Gasteiger partial charge in [-0.25, -0.2) is 0 Å². The Kier molecular flexibility index (Phi) is 9.48. The fourth-order valence-corrected chi connectivity index (χ4v) is 1.80. The van der Waals surface area contributed by atoms with Crippen molar-refractivity contribution in [1.29, 1.82) is 0 Å². The molecule has 112 valence electrons. The maximum Gasteiger partial charge on any atom is 0.220 e. The van der Waals surface area contributed by atoms with Gasteiger partial charge in [-0.2, -0.15) is 0 Å². The van der Waals surface area contributed by atoms with E-state index in [9.17, 15) is 9.59 Å². The van der Waals surface area contributed by atoms with E-state index in [2.05, 4.69) is 19.2 Å². The molecule has 0 aliphatic heterocycles. The highest BCUT2D eigenvalue weighted by molar-refractivity contribution is 5.85. The lowest BCUT2D eigenvalue weighted by molar-refractivity contribution is -0.123. The molecule has 19 heavy (non-hydrogen) atoms. The summed E-state index contributed by atoms with van der Waals surface area (Å²) in [6.07, 6.45) is 4.00. The van der Waals surface area contributed by atoms with Gasteiger partial charge in [-0.05, 0) is 31.6 Å². The molecule has 1 unspecified atom stereocenters. The zero-order valence-corrected chi connectivity index (χ0v) is 12.9. The zero-order chi connectivity index (χ0) is 14.8. The van der Waals surface area contributed by atoms with E-state index in [-0.39, 0.29) is 23.7 Å². The number of Topliss-reactive ketones (excluding diaryl/α,β-unsaturated/α-hetero) is 1. The monoisotopic (exact) mass is 270 g/mol. The average Bonchev–Trinajstić information content (AvgIpc) is 2.34. The number of carbonyl (C=O) groups is 2. The first kappa shape index (κ1) is 18.1. The van der Waals surface area contributed by atoms with Crippen LogP contribution in [0.25, 0.3) is 0 Å². The number of nitrogens with two attached hydrogens (primary N) is 1. The molecule has 0 bridgehead atoms. The second kappa shape index (κ2) is 9.96. The number of ketones is 1. The number of amides is 1. The molecule has 0 aromatic carbocycles. The normalized spacial score (nSPS) is 12.8. The second-order valence-electron chi connectivity index (χ2n) is 5.94. The third kappa shape index (κ3) is 9.65. The highest BCUT2D eigenvalue weighted by Crippen LogP contribution is 2.06. The van der Waals surface area contributed by atoms with Crippen molar-refractivity contribution < 1.29 is 9.59 Å². The van der Waals surface area contributed by atoms with Crippen molar-refractivity contribution in [1.82, 2.24) is 5.32 Å². The van der Waals surface area contributed by atoms with Gasteiger partial charge in [-0.15, -0.1) is 0 Å². The topological polar surface area (TPSA) is 72.2 Å². The largest absolute Gasteiger partial charge is 0.356 e. The van der Waals surface area contributed by atoms with Crippen molar-refractivity contribution in [3.8, 4) is 0 Å². The van der Waals surface area contributed by atoms with Crippen LogP contribution in [0.3, 0.4) is 0 Å². The number of hydrogen-bond donors (Lipinski definition) is 2. The molecule has 0 aromatic rings. The molecule has 0 saturated carbocycles. The summed E-state index contributed by atoms with van der Waals surface area (Å²) in [6, 6.07) is -0.350. The first-order valence-corrected chi connectivity index (χ1v) is 7.40.